The maximum absolute atomic E-state index is 12.7. The number of sulfonamides is 1. The number of amides is 1. The Morgan fingerprint density at radius 3 is 2.62 bits per heavy atom. The van der Waals surface area contributed by atoms with Crippen molar-refractivity contribution in [1.82, 2.24) is 9.62 Å². The average Bonchev–Trinajstić information content (AvgIpc) is 3.12. The van der Waals surface area contributed by atoms with Gasteiger partial charge in [-0.05, 0) is 24.1 Å². The van der Waals surface area contributed by atoms with Gasteiger partial charge in [0.05, 0.1) is 19.0 Å². The molecule has 24 heavy (non-hydrogen) atoms. The summed E-state index contributed by atoms with van der Waals surface area (Å²) in [6.07, 6.45) is 2.12. The molecular weight excluding hydrogens is 328 g/mol. The van der Waals surface area contributed by atoms with Crippen molar-refractivity contribution in [3.8, 4) is 0 Å². The lowest BCUT2D eigenvalue weighted by molar-refractivity contribution is 0.0678. The number of carbonyl (C=O) groups excluding carboxylic acids is 1. The van der Waals surface area contributed by atoms with Crippen molar-refractivity contribution in [3.05, 3.63) is 35.4 Å². The quantitative estimate of drug-likeness (QED) is 0.854. The zero-order valence-electron chi connectivity index (χ0n) is 14.1. The van der Waals surface area contributed by atoms with Crippen molar-refractivity contribution >= 4 is 15.9 Å². The van der Waals surface area contributed by atoms with Crippen LogP contribution in [0.25, 0.3) is 0 Å². The second-order valence-corrected chi connectivity index (χ2v) is 8.51. The molecule has 1 aromatic rings. The number of rotatable bonds is 5. The first-order valence-corrected chi connectivity index (χ1v) is 10.2. The molecular formula is C17H24N2O4S. The Kier molecular flexibility index (Phi) is 4.94. The van der Waals surface area contributed by atoms with Crippen LogP contribution in [0.5, 0.6) is 0 Å². The van der Waals surface area contributed by atoms with Gasteiger partial charge in [0.25, 0.3) is 5.91 Å². The van der Waals surface area contributed by atoms with Crippen LogP contribution in [0.1, 0.15) is 22.8 Å². The molecule has 2 aliphatic heterocycles. The first kappa shape index (κ1) is 17.4. The number of nitrogens with one attached hydrogen (secondary N) is 1. The Balaban J connectivity index is 1.63. The van der Waals surface area contributed by atoms with Crippen LogP contribution in [0.2, 0.25) is 0 Å². The molecule has 0 saturated carbocycles. The van der Waals surface area contributed by atoms with Gasteiger partial charge in [0, 0.05) is 37.0 Å². The van der Waals surface area contributed by atoms with E-state index in [1.165, 1.54) is 5.56 Å². The van der Waals surface area contributed by atoms with Crippen molar-refractivity contribution in [2.75, 3.05) is 32.5 Å². The zero-order chi connectivity index (χ0) is 17.3. The van der Waals surface area contributed by atoms with E-state index < -0.39 is 10.0 Å². The van der Waals surface area contributed by atoms with Crippen LogP contribution in [0.4, 0.5) is 0 Å². The molecule has 3 atom stereocenters. The Hall–Kier alpha value is -1.44. The second kappa shape index (κ2) is 6.82. The largest absolute Gasteiger partial charge is 0.376 e. The van der Waals surface area contributed by atoms with E-state index in [0.29, 0.717) is 31.8 Å². The number of fused-ring (bicyclic) bond motifs is 1. The molecule has 6 nitrogen and oxygen atoms in total. The molecule has 7 heteroatoms. The van der Waals surface area contributed by atoms with Crippen LogP contribution in [0, 0.1) is 11.8 Å². The summed E-state index contributed by atoms with van der Waals surface area (Å²) in [7, 11) is -3.21. The summed E-state index contributed by atoms with van der Waals surface area (Å²) in [5.41, 5.74) is 1.90. The van der Waals surface area contributed by atoms with E-state index in [-0.39, 0.29) is 23.8 Å². The Labute approximate surface area is 143 Å². The van der Waals surface area contributed by atoms with E-state index in [4.69, 9.17) is 4.74 Å². The number of hydrogen-bond acceptors (Lipinski definition) is 4. The summed E-state index contributed by atoms with van der Waals surface area (Å²) in [5.74, 6) is 0.327. The molecule has 0 bridgehead atoms. The minimum atomic E-state index is -3.21. The fraction of sp³-hybridized carbons (Fsp3) is 0.588. The third kappa shape index (κ3) is 3.79. The van der Waals surface area contributed by atoms with Crippen molar-refractivity contribution in [2.45, 2.75) is 19.4 Å². The van der Waals surface area contributed by atoms with E-state index in [0.717, 1.165) is 12.7 Å². The highest BCUT2D eigenvalue weighted by atomic mass is 32.2. The summed E-state index contributed by atoms with van der Waals surface area (Å²) in [6, 6.07) is 7.72. The first-order chi connectivity index (χ1) is 11.4. The monoisotopic (exact) mass is 352 g/mol. The van der Waals surface area contributed by atoms with Gasteiger partial charge in [-0.2, -0.15) is 0 Å². The van der Waals surface area contributed by atoms with Gasteiger partial charge in [-0.15, -0.1) is 0 Å². The van der Waals surface area contributed by atoms with Crippen molar-refractivity contribution in [3.63, 3.8) is 0 Å². The Morgan fingerprint density at radius 1 is 1.29 bits per heavy atom. The zero-order valence-corrected chi connectivity index (χ0v) is 14.9. The molecule has 0 aromatic heterocycles. The minimum Gasteiger partial charge on any atom is -0.376 e. The summed E-state index contributed by atoms with van der Waals surface area (Å²) in [5, 5.41) is 0. The second-order valence-electron chi connectivity index (χ2n) is 6.68. The molecule has 1 amide bonds. The average molecular weight is 352 g/mol. The number of likely N-dealkylation sites (tertiary alicyclic amines) is 1. The molecule has 0 aliphatic carbocycles. The molecule has 2 aliphatic rings. The summed E-state index contributed by atoms with van der Waals surface area (Å²) in [6.45, 7) is 4.20. The lowest BCUT2D eigenvalue weighted by atomic mass is 9.93. The van der Waals surface area contributed by atoms with Gasteiger partial charge >= 0.3 is 0 Å². The lowest BCUT2D eigenvalue weighted by Crippen LogP contribution is -2.35. The van der Waals surface area contributed by atoms with Crippen molar-refractivity contribution < 1.29 is 17.9 Å². The predicted molar refractivity (Wildman–Crippen MR) is 91.3 cm³/mol. The van der Waals surface area contributed by atoms with Crippen LogP contribution >= 0.6 is 0 Å². The van der Waals surface area contributed by atoms with E-state index in [1.807, 2.05) is 29.2 Å². The number of hydrogen-bond donors (Lipinski definition) is 1. The van der Waals surface area contributed by atoms with Crippen molar-refractivity contribution in [1.29, 1.82) is 0 Å². The Morgan fingerprint density at radius 2 is 2.00 bits per heavy atom. The molecule has 2 fully saturated rings. The third-order valence-corrected chi connectivity index (χ3v) is 5.63. The molecule has 0 spiro atoms. The van der Waals surface area contributed by atoms with Crippen LogP contribution in [-0.4, -0.2) is 57.8 Å². The highest BCUT2D eigenvalue weighted by Gasteiger charge is 2.45. The highest BCUT2D eigenvalue weighted by molar-refractivity contribution is 7.88. The van der Waals surface area contributed by atoms with E-state index in [1.54, 1.807) is 0 Å². The maximum atomic E-state index is 12.7. The Bertz CT molecular complexity index is 702. The van der Waals surface area contributed by atoms with E-state index >= 15 is 0 Å². The minimum absolute atomic E-state index is 0.00947. The van der Waals surface area contributed by atoms with Crippen molar-refractivity contribution in [2.24, 2.45) is 11.8 Å². The third-order valence-electron chi connectivity index (χ3n) is 4.94. The maximum Gasteiger partial charge on any atom is 0.253 e. The van der Waals surface area contributed by atoms with Gasteiger partial charge in [-0.1, -0.05) is 19.1 Å². The van der Waals surface area contributed by atoms with Gasteiger partial charge in [0.2, 0.25) is 10.0 Å². The smallest absolute Gasteiger partial charge is 0.253 e. The topological polar surface area (TPSA) is 75.7 Å². The molecule has 132 valence electrons. The first-order valence-electron chi connectivity index (χ1n) is 8.32. The molecule has 1 N–H and O–H groups in total. The van der Waals surface area contributed by atoms with E-state index in [9.17, 15) is 13.2 Å². The standard InChI is InChI=1S/C17H24N2O4S/c1-3-12-4-6-13(7-5-12)17(20)19-9-15-14(8-18-24(2,21)22)11-23-16(15)10-19/h4-7,14-16,18H,3,8-11H2,1-2H3/t14-,15+,16+/m1/s1. The molecule has 0 radical (unpaired) electrons. The van der Waals surface area contributed by atoms with Gasteiger partial charge < -0.3 is 9.64 Å². The summed E-state index contributed by atoms with van der Waals surface area (Å²) >= 11 is 0. The number of ether oxygens (including phenoxy) is 1. The van der Waals surface area contributed by atoms with Crippen LogP contribution in [0.3, 0.4) is 0 Å². The molecule has 1 aromatic carbocycles. The van der Waals surface area contributed by atoms with Crippen LogP contribution < -0.4 is 4.72 Å². The SMILES string of the molecule is CCc1ccc(C(=O)N2C[C@H]3[C@H](CNS(C)(=O)=O)CO[C@H]3C2)cc1. The number of carbonyl (C=O) groups is 1. The predicted octanol–water partition coefficient (Wildman–Crippen LogP) is 0.885. The lowest BCUT2D eigenvalue weighted by Gasteiger charge is -2.20. The number of aryl methyl sites for hydroxylation is 1. The fourth-order valence-electron chi connectivity index (χ4n) is 3.50. The molecule has 3 rings (SSSR count). The van der Waals surface area contributed by atoms with E-state index in [2.05, 4.69) is 11.6 Å². The summed E-state index contributed by atoms with van der Waals surface area (Å²) in [4.78, 5) is 14.5. The fourth-order valence-corrected chi connectivity index (χ4v) is 4.02. The van der Waals surface area contributed by atoms with Crippen LogP contribution in [0.15, 0.2) is 24.3 Å². The van der Waals surface area contributed by atoms with Gasteiger partial charge in [-0.25, -0.2) is 13.1 Å². The van der Waals surface area contributed by atoms with Crippen LogP contribution in [-0.2, 0) is 21.2 Å². The van der Waals surface area contributed by atoms with Gasteiger partial charge in [-0.3, -0.25) is 4.79 Å². The number of nitrogens with zero attached hydrogens (tertiary/aromatic N) is 1. The van der Waals surface area contributed by atoms with Gasteiger partial charge in [0.15, 0.2) is 0 Å². The number of benzene rings is 1. The summed E-state index contributed by atoms with van der Waals surface area (Å²) < 4.78 is 30.9. The normalized spacial score (nSPS) is 26.6. The molecule has 2 saturated heterocycles. The molecule has 2 heterocycles. The highest BCUT2D eigenvalue weighted by Crippen LogP contribution is 2.34. The molecule has 0 unspecified atom stereocenters. The van der Waals surface area contributed by atoms with Gasteiger partial charge in [0.1, 0.15) is 0 Å².